The minimum absolute atomic E-state index is 0.0175. The van der Waals surface area contributed by atoms with Crippen molar-refractivity contribution in [3.63, 3.8) is 0 Å². The van der Waals surface area contributed by atoms with Gasteiger partial charge in [-0.05, 0) is 30.5 Å². The van der Waals surface area contributed by atoms with Crippen molar-refractivity contribution >= 4 is 15.7 Å². The van der Waals surface area contributed by atoms with Crippen molar-refractivity contribution in [1.82, 2.24) is 4.90 Å². The smallest absolute Gasteiger partial charge is 0.387 e. The van der Waals surface area contributed by atoms with Gasteiger partial charge in [0.1, 0.15) is 5.75 Å². The molecule has 1 aromatic carbocycles. The Morgan fingerprint density at radius 3 is 2.52 bits per heavy atom. The maximum Gasteiger partial charge on any atom is 0.387 e. The van der Waals surface area contributed by atoms with Crippen LogP contribution in [0.2, 0.25) is 0 Å². The van der Waals surface area contributed by atoms with Crippen molar-refractivity contribution in [2.24, 2.45) is 0 Å². The zero-order valence-electron chi connectivity index (χ0n) is 14.2. The summed E-state index contributed by atoms with van der Waals surface area (Å²) in [6.45, 7) is -0.348. The fourth-order valence-corrected chi connectivity index (χ4v) is 4.66. The van der Waals surface area contributed by atoms with E-state index in [1.807, 2.05) is 6.92 Å². The van der Waals surface area contributed by atoms with E-state index in [0.29, 0.717) is 18.5 Å². The van der Waals surface area contributed by atoms with Gasteiger partial charge >= 0.3 is 6.61 Å². The Bertz CT molecular complexity index is 676. The first-order valence-corrected chi connectivity index (χ1v) is 10.2. The number of alkyl halides is 2. The minimum atomic E-state index is -3.07. The minimum Gasteiger partial charge on any atom is -0.435 e. The Hall–Kier alpha value is -1.70. The summed E-state index contributed by atoms with van der Waals surface area (Å²) in [5, 5.41) is 0. The predicted octanol–water partition coefficient (Wildman–Crippen LogP) is 2.65. The number of rotatable bonds is 8. The van der Waals surface area contributed by atoms with Gasteiger partial charge in [0.05, 0.1) is 17.9 Å². The number of halogens is 2. The molecule has 1 saturated heterocycles. The lowest BCUT2D eigenvalue weighted by Gasteiger charge is -2.28. The topological polar surface area (TPSA) is 63.7 Å². The van der Waals surface area contributed by atoms with Crippen LogP contribution in [0.25, 0.3) is 0 Å². The number of ether oxygens (including phenoxy) is 1. The van der Waals surface area contributed by atoms with Gasteiger partial charge in [-0.3, -0.25) is 4.79 Å². The van der Waals surface area contributed by atoms with Crippen molar-refractivity contribution in [2.75, 3.05) is 18.1 Å². The summed E-state index contributed by atoms with van der Waals surface area (Å²) >= 11 is 0. The molecular formula is C17H23F2NO4S. The standard InChI is InChI=1S/C17H23F2NO4S/c1-2-3-9-20(14-8-10-25(22,23)12-14)16(21)11-13-4-6-15(7-5-13)24-17(18)19/h4-7,14,17H,2-3,8-12H2,1H3. The summed E-state index contributed by atoms with van der Waals surface area (Å²) in [4.78, 5) is 14.3. The number of hydrogen-bond donors (Lipinski definition) is 0. The second kappa shape index (κ2) is 8.60. The summed E-state index contributed by atoms with van der Waals surface area (Å²) in [6.07, 6.45) is 2.29. The molecule has 1 aliphatic rings. The first-order valence-electron chi connectivity index (χ1n) is 8.34. The second-order valence-electron chi connectivity index (χ2n) is 6.20. The first-order chi connectivity index (χ1) is 11.8. The van der Waals surface area contributed by atoms with Crippen LogP contribution in [0.4, 0.5) is 8.78 Å². The lowest BCUT2D eigenvalue weighted by atomic mass is 10.1. The Labute approximate surface area is 146 Å². The molecule has 8 heteroatoms. The van der Waals surface area contributed by atoms with Crippen LogP contribution in [0.15, 0.2) is 24.3 Å². The van der Waals surface area contributed by atoms with E-state index in [2.05, 4.69) is 4.74 Å². The molecule has 0 spiro atoms. The molecule has 1 unspecified atom stereocenters. The largest absolute Gasteiger partial charge is 0.435 e. The average molecular weight is 375 g/mol. The lowest BCUT2D eigenvalue weighted by molar-refractivity contribution is -0.132. The average Bonchev–Trinajstić information content (AvgIpc) is 2.89. The van der Waals surface area contributed by atoms with Crippen LogP contribution in [0.3, 0.4) is 0 Å². The molecule has 1 fully saturated rings. The molecular weight excluding hydrogens is 352 g/mol. The molecule has 0 aliphatic carbocycles. The normalized spacial score (nSPS) is 19.1. The van der Waals surface area contributed by atoms with E-state index in [1.54, 1.807) is 17.0 Å². The molecule has 0 aromatic heterocycles. The van der Waals surface area contributed by atoms with Gasteiger partial charge in [0.2, 0.25) is 5.91 Å². The Kier molecular flexibility index (Phi) is 6.75. The van der Waals surface area contributed by atoms with Gasteiger partial charge in [0.25, 0.3) is 0 Å². The highest BCUT2D eigenvalue weighted by molar-refractivity contribution is 7.91. The Morgan fingerprint density at radius 2 is 2.00 bits per heavy atom. The summed E-state index contributed by atoms with van der Waals surface area (Å²) in [7, 11) is -3.07. The predicted molar refractivity (Wildman–Crippen MR) is 90.5 cm³/mol. The summed E-state index contributed by atoms with van der Waals surface area (Å²) in [5.74, 6) is 0.0330. The van der Waals surface area contributed by atoms with E-state index in [1.165, 1.54) is 12.1 Å². The molecule has 1 heterocycles. The van der Waals surface area contributed by atoms with Crippen molar-refractivity contribution in [3.05, 3.63) is 29.8 Å². The van der Waals surface area contributed by atoms with E-state index in [9.17, 15) is 22.0 Å². The van der Waals surface area contributed by atoms with Gasteiger partial charge in [-0.1, -0.05) is 25.5 Å². The van der Waals surface area contributed by atoms with Crippen molar-refractivity contribution < 1.29 is 26.7 Å². The van der Waals surface area contributed by atoms with Crippen LogP contribution in [-0.2, 0) is 21.1 Å². The Morgan fingerprint density at radius 1 is 1.32 bits per heavy atom. The van der Waals surface area contributed by atoms with Gasteiger partial charge in [-0.15, -0.1) is 0 Å². The third-order valence-corrected chi connectivity index (χ3v) is 5.98. The molecule has 1 amide bonds. The molecule has 0 N–H and O–H groups in total. The fraction of sp³-hybridized carbons (Fsp3) is 0.588. The molecule has 5 nitrogen and oxygen atoms in total. The molecule has 1 atom stereocenters. The van der Waals surface area contributed by atoms with Crippen LogP contribution >= 0.6 is 0 Å². The van der Waals surface area contributed by atoms with Crippen molar-refractivity contribution in [1.29, 1.82) is 0 Å². The van der Waals surface area contributed by atoms with Crippen LogP contribution < -0.4 is 4.74 Å². The quantitative estimate of drug-likeness (QED) is 0.701. The Balaban J connectivity index is 2.03. The molecule has 1 aromatic rings. The maximum atomic E-state index is 12.7. The highest BCUT2D eigenvalue weighted by Crippen LogP contribution is 2.21. The van der Waals surface area contributed by atoms with E-state index in [4.69, 9.17) is 0 Å². The van der Waals surface area contributed by atoms with Gasteiger partial charge in [-0.25, -0.2) is 8.42 Å². The third kappa shape index (κ3) is 5.95. The molecule has 140 valence electrons. The molecule has 2 rings (SSSR count). The van der Waals surface area contributed by atoms with Crippen LogP contribution in [-0.4, -0.2) is 49.9 Å². The fourth-order valence-electron chi connectivity index (χ4n) is 2.93. The highest BCUT2D eigenvalue weighted by Gasteiger charge is 2.34. The van der Waals surface area contributed by atoms with E-state index >= 15 is 0 Å². The third-order valence-electron chi connectivity index (χ3n) is 4.23. The number of sulfone groups is 1. The molecule has 25 heavy (non-hydrogen) atoms. The number of amides is 1. The monoisotopic (exact) mass is 375 g/mol. The molecule has 0 radical (unpaired) electrons. The molecule has 0 bridgehead atoms. The summed E-state index contributed by atoms with van der Waals surface area (Å²) in [6, 6.07) is 5.65. The number of unbranched alkanes of at least 4 members (excludes halogenated alkanes) is 1. The highest BCUT2D eigenvalue weighted by atomic mass is 32.2. The van der Waals surface area contributed by atoms with E-state index in [0.717, 1.165) is 12.8 Å². The van der Waals surface area contributed by atoms with E-state index < -0.39 is 16.4 Å². The van der Waals surface area contributed by atoms with Gasteiger partial charge in [0, 0.05) is 12.6 Å². The number of carbonyl (C=O) groups excluding carboxylic acids is 1. The zero-order chi connectivity index (χ0) is 18.4. The number of hydrogen-bond acceptors (Lipinski definition) is 4. The van der Waals surface area contributed by atoms with Gasteiger partial charge in [-0.2, -0.15) is 8.78 Å². The zero-order valence-corrected chi connectivity index (χ0v) is 15.0. The molecule has 1 aliphatic heterocycles. The van der Waals surface area contributed by atoms with Crippen molar-refractivity contribution in [2.45, 2.75) is 45.3 Å². The number of carbonyl (C=O) groups is 1. The van der Waals surface area contributed by atoms with Gasteiger partial charge < -0.3 is 9.64 Å². The molecule has 0 saturated carbocycles. The first kappa shape index (κ1) is 19.6. The SMILES string of the molecule is CCCCN(C(=O)Cc1ccc(OC(F)F)cc1)C1CCS(=O)(=O)C1. The van der Waals surface area contributed by atoms with Gasteiger partial charge in [0.15, 0.2) is 9.84 Å². The second-order valence-corrected chi connectivity index (χ2v) is 8.43. The van der Waals surface area contributed by atoms with Crippen LogP contribution in [0.5, 0.6) is 5.75 Å². The maximum absolute atomic E-state index is 12.7. The van der Waals surface area contributed by atoms with Crippen molar-refractivity contribution in [3.8, 4) is 5.75 Å². The van der Waals surface area contributed by atoms with Crippen LogP contribution in [0.1, 0.15) is 31.7 Å². The summed E-state index contributed by atoms with van der Waals surface area (Å²) in [5.41, 5.74) is 0.675. The van der Waals surface area contributed by atoms with E-state index in [-0.39, 0.29) is 35.6 Å². The number of benzene rings is 1. The number of nitrogens with zero attached hydrogens (tertiary/aromatic N) is 1. The van der Waals surface area contributed by atoms with Crippen LogP contribution in [0, 0.1) is 0 Å². The lowest BCUT2D eigenvalue weighted by Crippen LogP contribution is -2.42. The summed E-state index contributed by atoms with van der Waals surface area (Å²) < 4.78 is 52.0.